The van der Waals surface area contributed by atoms with Crippen molar-refractivity contribution in [3.8, 4) is 29.4 Å². The van der Waals surface area contributed by atoms with Crippen molar-refractivity contribution in [2.24, 2.45) is 0 Å². The summed E-state index contributed by atoms with van der Waals surface area (Å²) >= 11 is 6.23. The summed E-state index contributed by atoms with van der Waals surface area (Å²) in [5.41, 5.74) is 9.50. The molecule has 0 unspecified atom stereocenters. The Kier molecular flexibility index (Phi) is 5.94. The van der Waals surface area contributed by atoms with E-state index in [1.165, 1.54) is 6.33 Å². The van der Waals surface area contributed by atoms with Gasteiger partial charge >= 0.3 is 0 Å². The SMILES string of the molecule is C#Cc1cccc2nc(Cn3nc(-c4ccc(O)cc4)c4c(N)ncnc43)n(Cc3cccc(Cl)c3)c(=O)c12. The standard InChI is InChI=1S/C29H20ClN7O2/c1-2-18-6-4-8-22-24(18)29(39)36(14-17-5-3-7-20(30)13-17)23(34-22)15-37-28-25(27(31)32-16-33-28)26(35-37)19-9-11-21(38)12-10-19/h1,3-13,16,38H,14-15H2,(H2,31,32,33). The first-order chi connectivity index (χ1) is 18.9. The Morgan fingerprint density at radius 2 is 1.79 bits per heavy atom. The van der Waals surface area contributed by atoms with Crippen molar-refractivity contribution in [2.75, 3.05) is 5.73 Å². The third-order valence-electron chi connectivity index (χ3n) is 6.44. The molecule has 3 aromatic heterocycles. The van der Waals surface area contributed by atoms with Crippen molar-refractivity contribution in [3.63, 3.8) is 0 Å². The van der Waals surface area contributed by atoms with Crippen LogP contribution in [0.3, 0.4) is 0 Å². The number of nitrogen functional groups attached to an aromatic ring is 1. The van der Waals surface area contributed by atoms with Crippen LogP contribution in [0.25, 0.3) is 33.2 Å². The molecule has 0 fully saturated rings. The fourth-order valence-electron chi connectivity index (χ4n) is 4.63. The molecular weight excluding hydrogens is 514 g/mol. The zero-order valence-electron chi connectivity index (χ0n) is 20.4. The molecule has 0 aliphatic rings. The molecule has 190 valence electrons. The number of aromatic hydroxyl groups is 1. The number of phenols is 1. The number of nitrogens with two attached hydrogens (primary N) is 1. The van der Waals surface area contributed by atoms with Gasteiger partial charge in [0.25, 0.3) is 5.56 Å². The smallest absolute Gasteiger partial charge is 0.263 e. The molecule has 9 nitrogen and oxygen atoms in total. The van der Waals surface area contributed by atoms with Crippen LogP contribution < -0.4 is 11.3 Å². The second-order valence-electron chi connectivity index (χ2n) is 8.90. The lowest BCUT2D eigenvalue weighted by Crippen LogP contribution is -2.28. The molecule has 6 aromatic rings. The van der Waals surface area contributed by atoms with Gasteiger partial charge < -0.3 is 10.8 Å². The molecule has 3 heterocycles. The highest BCUT2D eigenvalue weighted by molar-refractivity contribution is 6.30. The number of hydrogen-bond acceptors (Lipinski definition) is 7. The lowest BCUT2D eigenvalue weighted by Gasteiger charge is -2.15. The minimum Gasteiger partial charge on any atom is -0.508 e. The highest BCUT2D eigenvalue weighted by Crippen LogP contribution is 2.31. The molecule has 0 bridgehead atoms. The predicted molar refractivity (Wildman–Crippen MR) is 150 cm³/mol. The number of nitrogens with zero attached hydrogens (tertiary/aromatic N) is 6. The number of rotatable bonds is 5. The van der Waals surface area contributed by atoms with E-state index < -0.39 is 0 Å². The molecule has 0 aliphatic carbocycles. The van der Waals surface area contributed by atoms with Crippen LogP contribution in [-0.2, 0) is 13.1 Å². The lowest BCUT2D eigenvalue weighted by molar-refractivity contribution is 0.475. The van der Waals surface area contributed by atoms with E-state index >= 15 is 0 Å². The van der Waals surface area contributed by atoms with Crippen molar-refractivity contribution in [1.82, 2.24) is 29.3 Å². The van der Waals surface area contributed by atoms with Gasteiger partial charge in [0.15, 0.2) is 5.65 Å². The van der Waals surface area contributed by atoms with E-state index in [9.17, 15) is 9.90 Å². The van der Waals surface area contributed by atoms with Crippen LogP contribution in [0, 0.1) is 12.3 Å². The summed E-state index contributed by atoms with van der Waals surface area (Å²) in [6.07, 6.45) is 7.08. The highest BCUT2D eigenvalue weighted by Gasteiger charge is 2.20. The molecule has 0 aliphatic heterocycles. The van der Waals surface area contributed by atoms with E-state index in [1.54, 1.807) is 63.8 Å². The Bertz CT molecular complexity index is 1990. The van der Waals surface area contributed by atoms with E-state index in [0.717, 1.165) is 11.1 Å². The second kappa shape index (κ2) is 9.59. The number of aromatic nitrogens is 6. The Labute approximate surface area is 227 Å². The van der Waals surface area contributed by atoms with E-state index in [0.29, 0.717) is 44.0 Å². The van der Waals surface area contributed by atoms with Crippen molar-refractivity contribution < 1.29 is 5.11 Å². The number of anilines is 1. The van der Waals surface area contributed by atoms with Crippen molar-refractivity contribution in [1.29, 1.82) is 0 Å². The van der Waals surface area contributed by atoms with Gasteiger partial charge in [0, 0.05) is 16.1 Å². The number of phenolic OH excluding ortho intramolecular Hbond substituents is 1. The van der Waals surface area contributed by atoms with Gasteiger partial charge in [0.05, 0.1) is 22.8 Å². The molecule has 0 radical (unpaired) electrons. The zero-order chi connectivity index (χ0) is 27.1. The topological polar surface area (TPSA) is 125 Å². The highest BCUT2D eigenvalue weighted by atomic mass is 35.5. The molecular formula is C29H20ClN7O2. The maximum absolute atomic E-state index is 13.9. The minimum atomic E-state index is -0.270. The van der Waals surface area contributed by atoms with E-state index in [4.69, 9.17) is 33.8 Å². The number of benzene rings is 3. The number of fused-ring (bicyclic) bond motifs is 2. The maximum Gasteiger partial charge on any atom is 0.263 e. The zero-order valence-corrected chi connectivity index (χ0v) is 21.2. The van der Waals surface area contributed by atoms with Crippen LogP contribution in [0.5, 0.6) is 5.75 Å². The van der Waals surface area contributed by atoms with E-state index in [-0.39, 0.29) is 30.2 Å². The molecule has 0 saturated carbocycles. The molecule has 0 spiro atoms. The first-order valence-electron chi connectivity index (χ1n) is 11.9. The van der Waals surface area contributed by atoms with E-state index in [1.807, 2.05) is 12.1 Å². The van der Waals surface area contributed by atoms with Gasteiger partial charge in [-0.3, -0.25) is 9.36 Å². The Hall–Kier alpha value is -5.20. The first-order valence-corrected chi connectivity index (χ1v) is 12.3. The third kappa shape index (κ3) is 4.33. The van der Waals surface area contributed by atoms with Gasteiger partial charge in [-0.2, -0.15) is 5.10 Å². The largest absolute Gasteiger partial charge is 0.508 e. The fraction of sp³-hybridized carbons (Fsp3) is 0.0690. The van der Waals surface area contributed by atoms with Gasteiger partial charge in [-0.15, -0.1) is 6.42 Å². The Morgan fingerprint density at radius 3 is 2.56 bits per heavy atom. The van der Waals surface area contributed by atoms with Gasteiger partial charge in [0.1, 0.15) is 36.0 Å². The lowest BCUT2D eigenvalue weighted by atomic mass is 10.1. The monoisotopic (exact) mass is 533 g/mol. The Morgan fingerprint density at radius 1 is 1.00 bits per heavy atom. The summed E-state index contributed by atoms with van der Waals surface area (Å²) in [7, 11) is 0. The van der Waals surface area contributed by atoms with Gasteiger partial charge in [-0.25, -0.2) is 19.6 Å². The molecule has 0 saturated heterocycles. The Balaban J connectivity index is 1.57. The summed E-state index contributed by atoms with van der Waals surface area (Å²) in [6, 6.07) is 19.1. The molecule has 3 N–H and O–H groups in total. The van der Waals surface area contributed by atoms with Crippen LogP contribution in [0.15, 0.2) is 77.9 Å². The summed E-state index contributed by atoms with van der Waals surface area (Å²) in [5.74, 6) is 3.43. The van der Waals surface area contributed by atoms with Crippen LogP contribution in [0.2, 0.25) is 5.02 Å². The van der Waals surface area contributed by atoms with Crippen LogP contribution in [-0.4, -0.2) is 34.4 Å². The third-order valence-corrected chi connectivity index (χ3v) is 6.67. The van der Waals surface area contributed by atoms with Crippen LogP contribution in [0.1, 0.15) is 17.0 Å². The molecule has 6 rings (SSSR count). The number of hydrogen-bond donors (Lipinski definition) is 2. The average Bonchev–Trinajstić information content (AvgIpc) is 3.30. The average molecular weight is 534 g/mol. The van der Waals surface area contributed by atoms with E-state index in [2.05, 4.69) is 15.9 Å². The number of halogens is 1. The molecule has 0 amide bonds. The fourth-order valence-corrected chi connectivity index (χ4v) is 4.84. The van der Waals surface area contributed by atoms with Gasteiger partial charge in [0.2, 0.25) is 0 Å². The summed E-state index contributed by atoms with van der Waals surface area (Å²) in [5, 5.41) is 16.0. The second-order valence-corrected chi connectivity index (χ2v) is 9.34. The van der Waals surface area contributed by atoms with Gasteiger partial charge in [-0.05, 0) is 54.1 Å². The van der Waals surface area contributed by atoms with Gasteiger partial charge in [-0.1, -0.05) is 35.7 Å². The number of terminal acetylenes is 1. The molecule has 39 heavy (non-hydrogen) atoms. The molecule has 0 atom stereocenters. The quantitative estimate of drug-likeness (QED) is 0.318. The molecule has 10 heteroatoms. The normalized spacial score (nSPS) is 11.2. The van der Waals surface area contributed by atoms with Crippen LogP contribution in [0.4, 0.5) is 5.82 Å². The maximum atomic E-state index is 13.9. The summed E-state index contributed by atoms with van der Waals surface area (Å²) < 4.78 is 3.22. The van der Waals surface area contributed by atoms with Crippen LogP contribution >= 0.6 is 11.6 Å². The van der Waals surface area contributed by atoms with Crippen molar-refractivity contribution in [2.45, 2.75) is 13.1 Å². The summed E-state index contributed by atoms with van der Waals surface area (Å²) in [6.45, 7) is 0.328. The predicted octanol–water partition coefficient (Wildman–Crippen LogP) is 4.22. The summed E-state index contributed by atoms with van der Waals surface area (Å²) in [4.78, 5) is 27.3. The van der Waals surface area contributed by atoms with Crippen molar-refractivity contribution >= 4 is 39.4 Å². The van der Waals surface area contributed by atoms with Crippen molar-refractivity contribution in [3.05, 3.63) is 105 Å². The minimum absolute atomic E-state index is 0.108. The molecule has 3 aromatic carbocycles. The first kappa shape index (κ1) is 24.2.